The molecule has 4 aromatic rings. The second-order valence-corrected chi connectivity index (χ2v) is 11.6. The van der Waals surface area contributed by atoms with E-state index in [1.54, 1.807) is 85.8 Å². The highest BCUT2D eigenvalue weighted by Gasteiger charge is 2.34. The number of rotatable bonds is 9. The topological polar surface area (TPSA) is 87.3 Å². The van der Waals surface area contributed by atoms with Gasteiger partial charge in [-0.25, -0.2) is 0 Å². The Bertz CT molecular complexity index is 1700. The van der Waals surface area contributed by atoms with E-state index in [-0.39, 0.29) is 10.7 Å². The van der Waals surface area contributed by atoms with Crippen molar-refractivity contribution in [2.75, 3.05) is 10.6 Å². The van der Waals surface area contributed by atoms with E-state index < -0.39 is 40.4 Å². The van der Waals surface area contributed by atoms with Gasteiger partial charge in [0.25, 0.3) is 11.8 Å². The quantitative estimate of drug-likeness (QED) is 0.124. The minimum atomic E-state index is -4.70. The third-order valence-corrected chi connectivity index (χ3v) is 7.76. The number of carbonyl (C=O) groups excluding carboxylic acids is 3. The molecule has 1 unspecified atom stereocenters. The van der Waals surface area contributed by atoms with Gasteiger partial charge in [0.1, 0.15) is 5.70 Å². The van der Waals surface area contributed by atoms with Crippen LogP contribution in [0.4, 0.5) is 24.5 Å². The zero-order valence-electron chi connectivity index (χ0n) is 22.9. The molecule has 0 aromatic heterocycles. The molecule has 0 aliphatic carbocycles. The van der Waals surface area contributed by atoms with Crippen LogP contribution >= 0.6 is 35.0 Å². The largest absolute Gasteiger partial charge is 0.418 e. The Morgan fingerprint density at radius 1 is 0.841 bits per heavy atom. The maximum atomic E-state index is 13.4. The van der Waals surface area contributed by atoms with E-state index in [9.17, 15) is 27.6 Å². The van der Waals surface area contributed by atoms with Gasteiger partial charge in [-0.15, -0.1) is 11.8 Å². The number of carbonyl (C=O) groups is 3. The number of benzene rings is 4. The number of amides is 3. The predicted molar refractivity (Wildman–Crippen MR) is 169 cm³/mol. The van der Waals surface area contributed by atoms with E-state index in [4.69, 9.17) is 23.2 Å². The molecule has 1 atom stereocenters. The van der Waals surface area contributed by atoms with Gasteiger partial charge in [0.15, 0.2) is 0 Å². The second-order valence-electron chi connectivity index (χ2n) is 9.32. The molecule has 0 spiro atoms. The van der Waals surface area contributed by atoms with Crippen LogP contribution < -0.4 is 16.0 Å². The summed E-state index contributed by atoms with van der Waals surface area (Å²) in [7, 11) is 0. The molecule has 226 valence electrons. The van der Waals surface area contributed by atoms with E-state index >= 15 is 0 Å². The van der Waals surface area contributed by atoms with E-state index in [2.05, 4.69) is 16.0 Å². The van der Waals surface area contributed by atoms with Crippen LogP contribution in [0.5, 0.6) is 0 Å². The first-order chi connectivity index (χ1) is 20.9. The fourth-order valence-electron chi connectivity index (χ4n) is 3.86. The van der Waals surface area contributed by atoms with Crippen molar-refractivity contribution in [1.82, 2.24) is 5.32 Å². The van der Waals surface area contributed by atoms with Crippen molar-refractivity contribution in [3.8, 4) is 0 Å². The van der Waals surface area contributed by atoms with Gasteiger partial charge in [0.2, 0.25) is 5.91 Å². The summed E-state index contributed by atoms with van der Waals surface area (Å²) in [5, 5.41) is 7.21. The van der Waals surface area contributed by atoms with Crippen molar-refractivity contribution in [1.29, 1.82) is 0 Å². The maximum absolute atomic E-state index is 13.4. The smallest absolute Gasteiger partial charge is 0.325 e. The van der Waals surface area contributed by atoms with Crippen molar-refractivity contribution in [2.24, 2.45) is 0 Å². The highest BCUT2D eigenvalue weighted by Crippen LogP contribution is 2.37. The zero-order valence-corrected chi connectivity index (χ0v) is 25.2. The molecule has 0 aliphatic heterocycles. The molecule has 0 saturated heterocycles. The van der Waals surface area contributed by atoms with Gasteiger partial charge in [-0.05, 0) is 79.2 Å². The molecular weight excluding hydrogens is 634 g/mol. The Balaban J connectivity index is 1.44. The SMILES string of the molecule is CC(Sc1ccc(NC(=O)/C(=C/c2ccccc2Cl)NC(=O)c2ccccc2)cc1)C(=O)Nc1ccc(Cl)cc1C(F)(F)F. The summed E-state index contributed by atoms with van der Waals surface area (Å²) in [6, 6.07) is 24.8. The first-order valence-electron chi connectivity index (χ1n) is 13.0. The number of nitrogens with one attached hydrogen (secondary N) is 3. The first-order valence-corrected chi connectivity index (χ1v) is 14.6. The summed E-state index contributed by atoms with van der Waals surface area (Å²) < 4.78 is 40.2. The van der Waals surface area contributed by atoms with E-state index in [0.29, 0.717) is 26.7 Å². The van der Waals surface area contributed by atoms with Crippen LogP contribution in [-0.2, 0) is 15.8 Å². The van der Waals surface area contributed by atoms with E-state index in [1.807, 2.05) is 0 Å². The average molecular weight is 659 g/mol. The van der Waals surface area contributed by atoms with Crippen LogP contribution in [0.15, 0.2) is 108 Å². The Kier molecular flexibility index (Phi) is 10.7. The molecule has 0 fully saturated rings. The number of anilines is 2. The molecule has 3 N–H and O–H groups in total. The lowest BCUT2D eigenvalue weighted by atomic mass is 10.1. The lowest BCUT2D eigenvalue weighted by molar-refractivity contribution is -0.137. The Labute approximate surface area is 265 Å². The molecule has 0 saturated carbocycles. The number of hydrogen-bond acceptors (Lipinski definition) is 4. The molecule has 12 heteroatoms. The van der Waals surface area contributed by atoms with Gasteiger partial charge < -0.3 is 16.0 Å². The van der Waals surface area contributed by atoms with Crippen LogP contribution in [0.25, 0.3) is 6.08 Å². The van der Waals surface area contributed by atoms with Crippen LogP contribution in [0, 0.1) is 0 Å². The first kappa shape index (κ1) is 32.7. The number of halogens is 5. The molecular formula is C32H24Cl2F3N3O3S. The summed E-state index contributed by atoms with van der Waals surface area (Å²) in [4.78, 5) is 39.4. The summed E-state index contributed by atoms with van der Waals surface area (Å²) in [5.41, 5.74) is -0.207. The molecule has 6 nitrogen and oxygen atoms in total. The highest BCUT2D eigenvalue weighted by atomic mass is 35.5. The Hall–Kier alpha value is -4.25. The Morgan fingerprint density at radius 2 is 1.50 bits per heavy atom. The standard InChI is InChI=1S/C32H24Cl2F3N3O3S/c1-19(29(41)39-27-16-11-22(33)18-25(27)32(35,36)37)44-24-14-12-23(13-15-24)38-31(43)28(17-21-9-5-6-10-26(21)34)40-30(42)20-7-3-2-4-8-20/h2-19H,1H3,(H,38,43)(H,39,41)(H,40,42)/b28-17-. The zero-order chi connectivity index (χ0) is 31.9. The number of hydrogen-bond donors (Lipinski definition) is 3. The van der Waals surface area contributed by atoms with Crippen LogP contribution in [-0.4, -0.2) is 23.0 Å². The lowest BCUT2D eigenvalue weighted by Crippen LogP contribution is -2.30. The van der Waals surface area contributed by atoms with Gasteiger partial charge in [-0.2, -0.15) is 13.2 Å². The molecule has 0 aliphatic rings. The van der Waals surface area contributed by atoms with Crippen molar-refractivity contribution in [3.63, 3.8) is 0 Å². The maximum Gasteiger partial charge on any atom is 0.418 e. The second kappa shape index (κ2) is 14.5. The number of thioether (sulfide) groups is 1. The van der Waals surface area contributed by atoms with Gasteiger partial charge >= 0.3 is 6.18 Å². The lowest BCUT2D eigenvalue weighted by Gasteiger charge is -2.17. The summed E-state index contributed by atoms with van der Waals surface area (Å²) >= 11 is 13.1. The van der Waals surface area contributed by atoms with Gasteiger partial charge in [-0.1, -0.05) is 59.6 Å². The van der Waals surface area contributed by atoms with Gasteiger partial charge in [0.05, 0.1) is 16.5 Å². The molecule has 3 amide bonds. The van der Waals surface area contributed by atoms with E-state index in [0.717, 1.165) is 23.9 Å². The van der Waals surface area contributed by atoms with Crippen LogP contribution in [0.2, 0.25) is 10.0 Å². The summed E-state index contributed by atoms with van der Waals surface area (Å²) in [6.45, 7) is 1.56. The van der Waals surface area contributed by atoms with Gasteiger partial charge in [0, 0.05) is 26.2 Å². The highest BCUT2D eigenvalue weighted by molar-refractivity contribution is 8.00. The molecule has 0 heterocycles. The summed E-state index contributed by atoms with van der Waals surface area (Å²) in [5.74, 6) is -1.73. The van der Waals surface area contributed by atoms with Crippen molar-refractivity contribution < 1.29 is 27.6 Å². The third-order valence-electron chi connectivity index (χ3n) is 6.07. The minimum Gasteiger partial charge on any atom is -0.325 e. The number of alkyl halides is 3. The van der Waals surface area contributed by atoms with Crippen molar-refractivity contribution in [2.45, 2.75) is 23.2 Å². The average Bonchev–Trinajstić information content (AvgIpc) is 2.99. The normalized spacial score (nSPS) is 12.3. The third kappa shape index (κ3) is 8.89. The van der Waals surface area contributed by atoms with E-state index in [1.165, 1.54) is 12.1 Å². The van der Waals surface area contributed by atoms with Crippen LogP contribution in [0.3, 0.4) is 0 Å². The summed E-state index contributed by atoms with van der Waals surface area (Å²) in [6.07, 6.45) is -3.23. The van der Waals surface area contributed by atoms with Crippen molar-refractivity contribution >= 4 is 70.1 Å². The molecule has 4 rings (SSSR count). The Morgan fingerprint density at radius 3 is 2.16 bits per heavy atom. The molecule has 4 aromatic carbocycles. The predicted octanol–water partition coefficient (Wildman–Crippen LogP) is 8.54. The fourth-order valence-corrected chi connectivity index (χ4v) is 5.09. The molecule has 0 bridgehead atoms. The van der Waals surface area contributed by atoms with Gasteiger partial charge in [-0.3, -0.25) is 14.4 Å². The molecule has 0 radical (unpaired) electrons. The van der Waals surface area contributed by atoms with Crippen molar-refractivity contribution in [3.05, 3.63) is 129 Å². The molecule has 44 heavy (non-hydrogen) atoms. The van der Waals surface area contributed by atoms with Crippen LogP contribution in [0.1, 0.15) is 28.4 Å². The fraction of sp³-hybridized carbons (Fsp3) is 0.0938. The monoisotopic (exact) mass is 657 g/mol. The minimum absolute atomic E-state index is 0.0453.